The molecule has 0 saturated carbocycles. The molecule has 5 aliphatic rings. The minimum absolute atomic E-state index is 0.258. The zero-order chi connectivity index (χ0) is 25.6. The van der Waals surface area contributed by atoms with E-state index in [1.807, 2.05) is 0 Å². The van der Waals surface area contributed by atoms with Gasteiger partial charge in [0.2, 0.25) is 12.6 Å². The molecule has 0 aromatic rings. The van der Waals surface area contributed by atoms with Gasteiger partial charge >= 0.3 is 0 Å². The second-order valence-corrected chi connectivity index (χ2v) is 13.4. The molecule has 8 heteroatoms. The van der Waals surface area contributed by atoms with E-state index in [1.54, 1.807) is 0 Å². The van der Waals surface area contributed by atoms with Gasteiger partial charge in [0.1, 0.15) is 0 Å². The molecule has 5 heterocycles. The fourth-order valence-corrected chi connectivity index (χ4v) is 7.39. The van der Waals surface area contributed by atoms with Crippen LogP contribution in [0.15, 0.2) is 9.15 Å². The molecule has 4 saturated heterocycles. The molecule has 0 bridgehead atoms. The van der Waals surface area contributed by atoms with Crippen LogP contribution in [-0.2, 0) is 33.2 Å². The first-order chi connectivity index (χ1) is 18.0. The van der Waals surface area contributed by atoms with Gasteiger partial charge in [-0.05, 0) is 102 Å². The van der Waals surface area contributed by atoms with Gasteiger partial charge in [-0.25, -0.2) is 0 Å². The van der Waals surface area contributed by atoms with Crippen LogP contribution in [0.5, 0.6) is 0 Å². The third-order valence-corrected chi connectivity index (χ3v) is 9.96. The predicted molar refractivity (Wildman–Crippen MR) is 149 cm³/mol. The van der Waals surface area contributed by atoms with E-state index in [9.17, 15) is 0 Å². The maximum atomic E-state index is 6.24. The van der Waals surface area contributed by atoms with Crippen molar-refractivity contribution in [2.75, 3.05) is 46.2 Å². The molecule has 7 nitrogen and oxygen atoms in total. The number of rotatable bonds is 8. The lowest BCUT2D eigenvalue weighted by Gasteiger charge is -2.39. The van der Waals surface area contributed by atoms with E-state index in [4.69, 9.17) is 33.2 Å². The summed E-state index contributed by atoms with van der Waals surface area (Å²) in [4.78, 5) is 0. The molecular formula is C29H47IO7. The lowest BCUT2D eigenvalue weighted by Crippen LogP contribution is -2.47. The highest BCUT2D eigenvalue weighted by Crippen LogP contribution is 2.34. The van der Waals surface area contributed by atoms with Crippen LogP contribution in [0.3, 0.4) is 0 Å². The van der Waals surface area contributed by atoms with Gasteiger partial charge in [-0.2, -0.15) is 0 Å². The number of ether oxygens (including phenoxy) is 7. The van der Waals surface area contributed by atoms with Crippen molar-refractivity contribution in [3.63, 3.8) is 0 Å². The minimum Gasteiger partial charge on any atom is -0.378 e. The van der Waals surface area contributed by atoms with Gasteiger partial charge in [0, 0.05) is 31.5 Å². The Balaban J connectivity index is 0.929. The van der Waals surface area contributed by atoms with Crippen LogP contribution in [0.25, 0.3) is 0 Å². The molecule has 0 spiro atoms. The monoisotopic (exact) mass is 634 g/mol. The van der Waals surface area contributed by atoms with Crippen LogP contribution < -0.4 is 0 Å². The van der Waals surface area contributed by atoms with Crippen LogP contribution in [0, 0.1) is 23.7 Å². The van der Waals surface area contributed by atoms with E-state index in [1.165, 1.54) is 41.3 Å². The van der Waals surface area contributed by atoms with E-state index in [2.05, 4.69) is 36.4 Å². The van der Waals surface area contributed by atoms with Crippen LogP contribution in [-0.4, -0.2) is 77.1 Å². The molecule has 4 fully saturated rings. The second-order valence-electron chi connectivity index (χ2n) is 12.1. The Morgan fingerprint density at radius 1 is 0.622 bits per heavy atom. The van der Waals surface area contributed by atoms with Gasteiger partial charge in [0.15, 0.2) is 0 Å². The second kappa shape index (κ2) is 14.2. The largest absolute Gasteiger partial charge is 0.378 e. The van der Waals surface area contributed by atoms with Crippen molar-refractivity contribution in [1.82, 2.24) is 0 Å². The van der Waals surface area contributed by atoms with Crippen molar-refractivity contribution in [2.45, 2.75) is 103 Å². The zero-order valence-corrected chi connectivity index (χ0v) is 24.9. The van der Waals surface area contributed by atoms with Crippen molar-refractivity contribution in [1.29, 1.82) is 0 Å². The van der Waals surface area contributed by atoms with Crippen molar-refractivity contribution >= 4 is 22.6 Å². The highest BCUT2D eigenvalue weighted by molar-refractivity contribution is 14.1. The standard InChI is InChI=1S/C29H47IO7/c1-19-3-7-24(32-12-19)9-10-25-8-6-21(13-33-25)4-5-22-14-34-28(35-15-22)29-36-16-23(17-37-29)26-18-31-20(2)11-27(26)30/h19-25,28-29H,3-18H2,1-2H3. The van der Waals surface area contributed by atoms with Gasteiger partial charge in [-0.15, -0.1) is 0 Å². The van der Waals surface area contributed by atoms with Crippen molar-refractivity contribution in [3.05, 3.63) is 9.15 Å². The molecule has 5 unspecified atom stereocenters. The Labute approximate surface area is 236 Å². The van der Waals surface area contributed by atoms with E-state index < -0.39 is 12.6 Å². The Bertz CT molecular complexity index is 716. The molecule has 5 rings (SSSR count). The summed E-state index contributed by atoms with van der Waals surface area (Å²) in [5, 5.41) is 0. The predicted octanol–water partition coefficient (Wildman–Crippen LogP) is 5.63. The Kier molecular flexibility index (Phi) is 11.0. The molecule has 0 aromatic carbocycles. The normalized spacial score (nSPS) is 42.1. The maximum absolute atomic E-state index is 6.24. The van der Waals surface area contributed by atoms with Crippen molar-refractivity contribution in [2.24, 2.45) is 23.7 Å². The quantitative estimate of drug-likeness (QED) is 0.321. The van der Waals surface area contributed by atoms with Gasteiger partial charge < -0.3 is 33.2 Å². The van der Waals surface area contributed by atoms with E-state index >= 15 is 0 Å². The molecule has 212 valence electrons. The average molecular weight is 635 g/mol. The summed E-state index contributed by atoms with van der Waals surface area (Å²) in [6, 6.07) is 0. The van der Waals surface area contributed by atoms with Crippen LogP contribution in [0.1, 0.15) is 71.6 Å². The summed E-state index contributed by atoms with van der Waals surface area (Å²) < 4.78 is 43.6. The van der Waals surface area contributed by atoms with E-state index in [0.717, 1.165) is 44.8 Å². The molecule has 5 aliphatic heterocycles. The van der Waals surface area contributed by atoms with E-state index in [0.29, 0.717) is 63.2 Å². The first-order valence-corrected chi connectivity index (χ1v) is 15.8. The van der Waals surface area contributed by atoms with Crippen LogP contribution in [0.2, 0.25) is 0 Å². The summed E-state index contributed by atoms with van der Waals surface area (Å²) in [6.45, 7) is 9.60. The van der Waals surface area contributed by atoms with Crippen molar-refractivity contribution < 1.29 is 33.2 Å². The molecule has 0 radical (unpaired) electrons. The topological polar surface area (TPSA) is 64.6 Å². The maximum Gasteiger partial charge on any atom is 0.209 e. The molecule has 0 amide bonds. The van der Waals surface area contributed by atoms with E-state index in [-0.39, 0.29) is 5.92 Å². The summed E-state index contributed by atoms with van der Waals surface area (Å²) in [5.74, 6) is 2.08. The molecule has 0 aliphatic carbocycles. The van der Waals surface area contributed by atoms with Gasteiger partial charge in [0.05, 0.1) is 51.3 Å². The van der Waals surface area contributed by atoms with Crippen molar-refractivity contribution in [3.8, 4) is 0 Å². The average Bonchev–Trinajstić information content (AvgIpc) is 2.93. The molecule has 0 N–H and O–H groups in total. The van der Waals surface area contributed by atoms with Gasteiger partial charge in [-0.1, -0.05) is 6.92 Å². The summed E-state index contributed by atoms with van der Waals surface area (Å²) in [7, 11) is 0. The number of hydrogen-bond donors (Lipinski definition) is 0. The first-order valence-electron chi connectivity index (χ1n) is 14.7. The smallest absolute Gasteiger partial charge is 0.209 e. The summed E-state index contributed by atoms with van der Waals surface area (Å²) >= 11 is 2.45. The lowest BCUT2D eigenvalue weighted by atomic mass is 9.89. The fourth-order valence-electron chi connectivity index (χ4n) is 6.17. The number of halogens is 1. The SMILES string of the molecule is CC1CCC(CCC2CCC(CCC3COC(C4OCC(C5=C(I)CC(C)OC5)CO4)OC3)CO2)OC1. The van der Waals surface area contributed by atoms with Gasteiger partial charge in [0.25, 0.3) is 0 Å². The summed E-state index contributed by atoms with van der Waals surface area (Å²) in [5.41, 5.74) is 1.33. The van der Waals surface area contributed by atoms with Crippen LogP contribution >= 0.6 is 22.6 Å². The minimum atomic E-state index is -0.440. The Morgan fingerprint density at radius 2 is 1.22 bits per heavy atom. The molecular weight excluding hydrogens is 587 g/mol. The molecule has 37 heavy (non-hydrogen) atoms. The highest BCUT2D eigenvalue weighted by atomic mass is 127. The summed E-state index contributed by atoms with van der Waals surface area (Å²) in [6.07, 6.45) is 10.9. The molecule has 0 aromatic heterocycles. The molecule has 5 atom stereocenters. The Hall–Kier alpha value is 0.190. The number of hydrogen-bond acceptors (Lipinski definition) is 7. The zero-order valence-electron chi connectivity index (χ0n) is 22.7. The van der Waals surface area contributed by atoms with Crippen LogP contribution in [0.4, 0.5) is 0 Å². The third-order valence-electron chi connectivity index (χ3n) is 8.83. The Morgan fingerprint density at radius 3 is 1.81 bits per heavy atom. The highest BCUT2D eigenvalue weighted by Gasteiger charge is 2.36. The fraction of sp³-hybridized carbons (Fsp3) is 0.931. The first kappa shape index (κ1) is 28.7. The third kappa shape index (κ3) is 8.35. The lowest BCUT2D eigenvalue weighted by molar-refractivity contribution is -0.329. The van der Waals surface area contributed by atoms with Gasteiger partial charge in [-0.3, -0.25) is 0 Å².